The van der Waals surface area contributed by atoms with Crippen LogP contribution in [0.3, 0.4) is 0 Å². The molecule has 0 aliphatic heterocycles. The second-order valence-electron chi connectivity index (χ2n) is 5.43. The summed E-state index contributed by atoms with van der Waals surface area (Å²) >= 11 is 1.79. The summed E-state index contributed by atoms with van der Waals surface area (Å²) in [6, 6.07) is 32.2. The molecule has 110 valence electrons. The van der Waals surface area contributed by atoms with Gasteiger partial charge in [-0.25, -0.2) is 0 Å². The van der Waals surface area contributed by atoms with E-state index in [1.165, 1.54) is 32.7 Å². The topological polar surface area (TPSA) is 0 Å². The van der Waals surface area contributed by atoms with E-state index in [-0.39, 0.29) is 0 Å². The third kappa shape index (κ3) is 2.71. The molecule has 0 nitrogen and oxygen atoms in total. The van der Waals surface area contributed by atoms with Crippen molar-refractivity contribution >= 4 is 11.3 Å². The van der Waals surface area contributed by atoms with Crippen LogP contribution in [0.4, 0.5) is 0 Å². The summed E-state index contributed by atoms with van der Waals surface area (Å²) in [5, 5.41) is 2.13. The predicted octanol–water partition coefficient (Wildman–Crippen LogP) is 6.75. The van der Waals surface area contributed by atoms with Crippen LogP contribution in [-0.4, -0.2) is 0 Å². The summed E-state index contributed by atoms with van der Waals surface area (Å²) in [5.41, 5.74) is 6.39. The van der Waals surface area contributed by atoms with Gasteiger partial charge in [0.1, 0.15) is 0 Å². The van der Waals surface area contributed by atoms with Crippen LogP contribution in [0.5, 0.6) is 0 Å². The van der Waals surface area contributed by atoms with E-state index in [0.29, 0.717) is 0 Å². The lowest BCUT2D eigenvalue weighted by atomic mass is 9.91. The van der Waals surface area contributed by atoms with E-state index in [0.717, 1.165) is 0 Å². The molecule has 0 radical (unpaired) electrons. The van der Waals surface area contributed by atoms with Crippen molar-refractivity contribution in [2.45, 2.75) is 0 Å². The van der Waals surface area contributed by atoms with Gasteiger partial charge in [-0.3, -0.25) is 0 Å². The minimum Gasteiger partial charge on any atom is -0.144 e. The van der Waals surface area contributed by atoms with Gasteiger partial charge in [0.05, 0.1) is 0 Å². The van der Waals surface area contributed by atoms with E-state index in [9.17, 15) is 0 Å². The minimum atomic E-state index is 1.25. The molecule has 0 bridgehead atoms. The summed E-state index contributed by atoms with van der Waals surface area (Å²) in [7, 11) is 0. The van der Waals surface area contributed by atoms with Crippen molar-refractivity contribution in [1.29, 1.82) is 0 Å². The molecular weight excluding hydrogens is 296 g/mol. The lowest BCUT2D eigenvalue weighted by Crippen LogP contribution is -1.87. The van der Waals surface area contributed by atoms with E-state index in [1.807, 2.05) is 0 Å². The molecule has 0 amide bonds. The van der Waals surface area contributed by atoms with E-state index in [4.69, 9.17) is 0 Å². The van der Waals surface area contributed by atoms with E-state index >= 15 is 0 Å². The van der Waals surface area contributed by atoms with Crippen LogP contribution in [0.15, 0.2) is 96.4 Å². The SMILES string of the molecule is c1ccc(-c2ccccc2-c2ccccc2-c2cccs2)cc1. The highest BCUT2D eigenvalue weighted by atomic mass is 32.1. The van der Waals surface area contributed by atoms with Gasteiger partial charge in [-0.05, 0) is 39.3 Å². The highest BCUT2D eigenvalue weighted by Crippen LogP contribution is 2.39. The molecule has 1 heterocycles. The fraction of sp³-hybridized carbons (Fsp3) is 0. The Hall–Kier alpha value is -2.64. The fourth-order valence-electron chi connectivity index (χ4n) is 2.95. The highest BCUT2D eigenvalue weighted by Gasteiger charge is 2.11. The zero-order valence-corrected chi connectivity index (χ0v) is 13.5. The first-order valence-electron chi connectivity index (χ1n) is 7.71. The Bertz CT molecular complexity index is 906. The normalized spacial score (nSPS) is 10.6. The molecule has 0 unspecified atom stereocenters. The Kier molecular flexibility index (Phi) is 3.79. The predicted molar refractivity (Wildman–Crippen MR) is 101 cm³/mol. The number of rotatable bonds is 3. The van der Waals surface area contributed by atoms with Gasteiger partial charge >= 0.3 is 0 Å². The summed E-state index contributed by atoms with van der Waals surface area (Å²) in [6.45, 7) is 0. The Morgan fingerprint density at radius 2 is 1.00 bits per heavy atom. The first kappa shape index (κ1) is 14.0. The number of hydrogen-bond donors (Lipinski definition) is 0. The monoisotopic (exact) mass is 312 g/mol. The molecular formula is C22H16S. The molecule has 4 aromatic rings. The maximum atomic E-state index is 2.22. The third-order valence-electron chi connectivity index (χ3n) is 4.02. The maximum Gasteiger partial charge on any atom is 0.0348 e. The third-order valence-corrected chi connectivity index (χ3v) is 4.92. The number of hydrogen-bond acceptors (Lipinski definition) is 1. The van der Waals surface area contributed by atoms with Crippen LogP contribution in [0, 0.1) is 0 Å². The van der Waals surface area contributed by atoms with Crippen molar-refractivity contribution in [2.75, 3.05) is 0 Å². The quantitative estimate of drug-likeness (QED) is 0.392. The van der Waals surface area contributed by atoms with Gasteiger partial charge < -0.3 is 0 Å². The molecule has 0 aliphatic rings. The van der Waals surface area contributed by atoms with Gasteiger partial charge in [0.25, 0.3) is 0 Å². The summed E-state index contributed by atoms with van der Waals surface area (Å²) < 4.78 is 0. The van der Waals surface area contributed by atoms with E-state index in [1.54, 1.807) is 11.3 Å². The Morgan fingerprint density at radius 3 is 1.65 bits per heavy atom. The van der Waals surface area contributed by atoms with E-state index in [2.05, 4.69) is 96.4 Å². The zero-order chi connectivity index (χ0) is 15.5. The molecule has 3 aromatic carbocycles. The molecule has 1 heteroatoms. The van der Waals surface area contributed by atoms with E-state index < -0.39 is 0 Å². The van der Waals surface area contributed by atoms with Crippen molar-refractivity contribution < 1.29 is 0 Å². The molecule has 1 aromatic heterocycles. The van der Waals surface area contributed by atoms with Gasteiger partial charge in [0.2, 0.25) is 0 Å². The van der Waals surface area contributed by atoms with Gasteiger partial charge in [-0.1, -0.05) is 84.9 Å². The smallest absolute Gasteiger partial charge is 0.0348 e. The highest BCUT2D eigenvalue weighted by molar-refractivity contribution is 7.13. The van der Waals surface area contributed by atoms with Crippen LogP contribution < -0.4 is 0 Å². The summed E-state index contributed by atoms with van der Waals surface area (Å²) in [5.74, 6) is 0. The standard InChI is InChI=1S/C22H16S/c1-2-9-17(10-3-1)18-11-4-5-12-19(18)20-13-6-7-14-21(20)22-15-8-16-23-22/h1-16H. The molecule has 0 fully saturated rings. The van der Waals surface area contributed by atoms with Crippen LogP contribution in [0.25, 0.3) is 32.7 Å². The first-order chi connectivity index (χ1) is 11.4. The summed E-state index contributed by atoms with van der Waals surface area (Å²) in [6.07, 6.45) is 0. The fourth-order valence-corrected chi connectivity index (χ4v) is 3.72. The van der Waals surface area contributed by atoms with Crippen molar-refractivity contribution in [1.82, 2.24) is 0 Å². The van der Waals surface area contributed by atoms with Gasteiger partial charge in [-0.15, -0.1) is 11.3 Å². The second-order valence-corrected chi connectivity index (χ2v) is 6.38. The molecule has 0 atom stereocenters. The van der Waals surface area contributed by atoms with Gasteiger partial charge in [0, 0.05) is 4.88 Å². The Morgan fingerprint density at radius 1 is 0.435 bits per heavy atom. The summed E-state index contributed by atoms with van der Waals surface area (Å²) in [4.78, 5) is 1.31. The van der Waals surface area contributed by atoms with Crippen molar-refractivity contribution in [2.24, 2.45) is 0 Å². The lowest BCUT2D eigenvalue weighted by molar-refractivity contribution is 1.58. The molecule has 0 saturated carbocycles. The van der Waals surface area contributed by atoms with Crippen molar-refractivity contribution in [3.05, 3.63) is 96.4 Å². The molecule has 0 aliphatic carbocycles. The van der Waals surface area contributed by atoms with Crippen LogP contribution in [0.2, 0.25) is 0 Å². The molecule has 4 rings (SSSR count). The lowest BCUT2D eigenvalue weighted by Gasteiger charge is -2.13. The largest absolute Gasteiger partial charge is 0.144 e. The molecule has 23 heavy (non-hydrogen) atoms. The zero-order valence-electron chi connectivity index (χ0n) is 12.6. The second kappa shape index (κ2) is 6.23. The Labute approximate surface area is 140 Å². The van der Waals surface area contributed by atoms with Crippen LogP contribution in [-0.2, 0) is 0 Å². The minimum absolute atomic E-state index is 1.25. The number of benzene rings is 3. The van der Waals surface area contributed by atoms with Crippen LogP contribution in [0.1, 0.15) is 0 Å². The first-order valence-corrected chi connectivity index (χ1v) is 8.59. The van der Waals surface area contributed by atoms with Gasteiger partial charge in [-0.2, -0.15) is 0 Å². The average Bonchev–Trinajstić information content (AvgIpc) is 3.17. The molecule has 0 N–H and O–H groups in total. The molecule has 0 saturated heterocycles. The Balaban J connectivity index is 1.94. The average molecular weight is 312 g/mol. The van der Waals surface area contributed by atoms with Crippen molar-refractivity contribution in [3.63, 3.8) is 0 Å². The van der Waals surface area contributed by atoms with Crippen molar-refractivity contribution in [3.8, 4) is 32.7 Å². The number of thiophene rings is 1. The van der Waals surface area contributed by atoms with Gasteiger partial charge in [0.15, 0.2) is 0 Å². The maximum absolute atomic E-state index is 2.22. The molecule has 0 spiro atoms. The van der Waals surface area contributed by atoms with Crippen LogP contribution >= 0.6 is 11.3 Å².